The Labute approximate surface area is 249 Å². The summed E-state index contributed by atoms with van der Waals surface area (Å²) in [7, 11) is 0. The van der Waals surface area contributed by atoms with E-state index in [9.17, 15) is 14.7 Å². The van der Waals surface area contributed by atoms with Crippen molar-refractivity contribution in [1.82, 2.24) is 0 Å². The van der Waals surface area contributed by atoms with Gasteiger partial charge in [0.1, 0.15) is 11.3 Å². The first-order valence-electron chi connectivity index (χ1n) is 13.9. The number of nitrogens with zero attached hydrogens (tertiary/aromatic N) is 2. The number of hydrogen-bond donors (Lipinski definition) is 1. The van der Waals surface area contributed by atoms with Crippen molar-refractivity contribution in [3.05, 3.63) is 93.0 Å². The van der Waals surface area contributed by atoms with Gasteiger partial charge in [-0.3, -0.25) is 19.4 Å². The summed E-state index contributed by atoms with van der Waals surface area (Å²) in [6, 6.07) is 15.2. The molecule has 1 fully saturated rings. The molecule has 214 valence electrons. The fraction of sp³-hybridized carbons (Fsp3) is 0.343. The molecule has 0 spiro atoms. The number of carbonyl (C=O) groups is 2. The lowest BCUT2D eigenvalue weighted by molar-refractivity contribution is -0.120. The third kappa shape index (κ3) is 5.71. The molecule has 4 rings (SSSR count). The first-order valence-corrected chi connectivity index (χ1v) is 14.3. The molecule has 0 saturated carbocycles. The van der Waals surface area contributed by atoms with E-state index in [1.165, 1.54) is 9.80 Å². The number of aromatic hydroxyl groups is 1. The number of phenolic OH excluding ortho intramolecular Hbond substituents is 1. The average Bonchev–Trinajstić information content (AvgIpc) is 2.85. The second-order valence-corrected chi connectivity index (χ2v) is 13.5. The first-order chi connectivity index (χ1) is 18.9. The number of hydrogen-bond acceptors (Lipinski definition) is 4. The highest BCUT2D eigenvalue weighted by atomic mass is 32.1. The summed E-state index contributed by atoms with van der Waals surface area (Å²) in [6.45, 7) is 20.2. The topological polar surface area (TPSA) is 60.9 Å². The molecule has 1 heterocycles. The van der Waals surface area contributed by atoms with Crippen molar-refractivity contribution >= 4 is 46.6 Å². The third-order valence-electron chi connectivity index (χ3n) is 7.81. The summed E-state index contributed by atoms with van der Waals surface area (Å²) >= 11 is 5.84. The largest absolute Gasteiger partial charge is 0.507 e. The van der Waals surface area contributed by atoms with Crippen LogP contribution in [-0.2, 0) is 20.4 Å². The molecule has 0 aliphatic carbocycles. The lowest BCUT2D eigenvalue weighted by Crippen LogP contribution is -2.57. The van der Waals surface area contributed by atoms with Crippen molar-refractivity contribution < 1.29 is 14.7 Å². The SMILES string of the molecule is Cc1ccc(N2C(=O)C(=Cc3cc(C(C)(C)C)c(O)c(C(C)(C)C)c3)C(=O)N(c3ccc(C)c(C)c3)C2=S)cc1C. The van der Waals surface area contributed by atoms with Crippen LogP contribution in [0.2, 0.25) is 0 Å². The van der Waals surface area contributed by atoms with Crippen molar-refractivity contribution in [2.45, 2.75) is 80.1 Å². The number of aryl methyl sites for hydroxylation is 4. The molecule has 3 aromatic rings. The zero-order chi connectivity index (χ0) is 30.6. The average molecular weight is 569 g/mol. The molecule has 1 saturated heterocycles. The van der Waals surface area contributed by atoms with E-state index in [2.05, 4.69) is 0 Å². The van der Waals surface area contributed by atoms with Crippen LogP contribution < -0.4 is 9.80 Å². The minimum Gasteiger partial charge on any atom is -0.507 e. The lowest BCUT2D eigenvalue weighted by atomic mass is 9.78. The van der Waals surface area contributed by atoms with E-state index < -0.39 is 11.8 Å². The molecule has 1 N–H and O–H groups in total. The molecule has 0 bridgehead atoms. The van der Waals surface area contributed by atoms with E-state index in [0.717, 1.165) is 33.4 Å². The van der Waals surface area contributed by atoms with Crippen molar-refractivity contribution in [2.75, 3.05) is 9.80 Å². The standard InChI is InChI=1S/C35H40N2O3S/c1-20-11-13-25(15-22(20)3)36-31(39)27(32(40)37(33(36)41)26-14-12-21(2)23(4)16-26)17-24-18-28(34(5,6)7)30(38)29(19-24)35(8,9)10/h11-19,38H,1-10H3. The number of rotatable bonds is 3. The zero-order valence-electron chi connectivity index (χ0n) is 25.8. The Bertz CT molecular complexity index is 1510. The maximum atomic E-state index is 14.1. The Balaban J connectivity index is 1.98. The van der Waals surface area contributed by atoms with Crippen molar-refractivity contribution in [3.8, 4) is 5.75 Å². The van der Waals surface area contributed by atoms with Gasteiger partial charge in [-0.05, 0) is 121 Å². The lowest BCUT2D eigenvalue weighted by Gasteiger charge is -2.37. The molecule has 41 heavy (non-hydrogen) atoms. The molecule has 2 amide bonds. The van der Waals surface area contributed by atoms with Crippen LogP contribution in [0.15, 0.2) is 54.1 Å². The summed E-state index contributed by atoms with van der Waals surface area (Å²) < 4.78 is 0. The smallest absolute Gasteiger partial charge is 0.270 e. The van der Waals surface area contributed by atoms with E-state index in [4.69, 9.17) is 12.2 Å². The second-order valence-electron chi connectivity index (χ2n) is 13.1. The van der Waals surface area contributed by atoms with Gasteiger partial charge in [0.05, 0.1) is 11.4 Å². The molecule has 6 heteroatoms. The van der Waals surface area contributed by atoms with Gasteiger partial charge in [0.2, 0.25) is 0 Å². The van der Waals surface area contributed by atoms with E-state index in [0.29, 0.717) is 16.9 Å². The Kier molecular flexibility index (Phi) is 7.78. The van der Waals surface area contributed by atoms with E-state index in [1.807, 2.05) is 118 Å². The number of phenols is 1. The van der Waals surface area contributed by atoms with Gasteiger partial charge in [-0.2, -0.15) is 0 Å². The van der Waals surface area contributed by atoms with Crippen LogP contribution in [0.25, 0.3) is 6.08 Å². The molecule has 5 nitrogen and oxygen atoms in total. The van der Waals surface area contributed by atoms with Crippen molar-refractivity contribution in [1.29, 1.82) is 0 Å². The second kappa shape index (κ2) is 10.6. The minimum absolute atomic E-state index is 0.000430. The Morgan fingerprint density at radius 3 is 1.39 bits per heavy atom. The summed E-state index contributed by atoms with van der Waals surface area (Å²) in [5.41, 5.74) is 6.87. The molecular formula is C35H40N2O3S. The fourth-order valence-electron chi connectivity index (χ4n) is 4.96. The Morgan fingerprint density at radius 1 is 0.659 bits per heavy atom. The number of thiocarbonyl (C=S) groups is 1. The van der Waals surface area contributed by atoms with Crippen LogP contribution in [0.3, 0.4) is 0 Å². The summed E-state index contributed by atoms with van der Waals surface area (Å²) in [4.78, 5) is 31.2. The van der Waals surface area contributed by atoms with Gasteiger partial charge < -0.3 is 5.11 Å². The third-order valence-corrected chi connectivity index (χ3v) is 8.17. The number of benzene rings is 3. The first kappa shape index (κ1) is 30.2. The molecule has 0 radical (unpaired) electrons. The molecule has 3 aromatic carbocycles. The van der Waals surface area contributed by atoms with Crippen LogP contribution in [0.5, 0.6) is 5.75 Å². The van der Waals surface area contributed by atoms with Crippen molar-refractivity contribution in [2.24, 2.45) is 0 Å². The van der Waals surface area contributed by atoms with Crippen molar-refractivity contribution in [3.63, 3.8) is 0 Å². The van der Waals surface area contributed by atoms with Crippen LogP contribution in [-0.4, -0.2) is 22.0 Å². The van der Waals surface area contributed by atoms with Crippen LogP contribution in [0.1, 0.15) is 80.5 Å². The monoisotopic (exact) mass is 568 g/mol. The van der Waals surface area contributed by atoms with Gasteiger partial charge in [-0.15, -0.1) is 0 Å². The summed E-state index contributed by atoms with van der Waals surface area (Å²) in [5.74, 6) is -0.722. The minimum atomic E-state index is -0.481. The Morgan fingerprint density at radius 2 is 1.05 bits per heavy atom. The van der Waals surface area contributed by atoms with Gasteiger partial charge in [0.15, 0.2) is 5.11 Å². The maximum Gasteiger partial charge on any atom is 0.270 e. The molecule has 1 aliphatic rings. The van der Waals surface area contributed by atoms with Gasteiger partial charge in [0.25, 0.3) is 11.8 Å². The molecule has 0 atom stereocenters. The molecule has 0 unspecified atom stereocenters. The maximum absolute atomic E-state index is 14.1. The molecule has 0 aromatic heterocycles. The van der Waals surface area contributed by atoms with Crippen LogP contribution in [0, 0.1) is 27.7 Å². The van der Waals surface area contributed by atoms with Gasteiger partial charge in [-0.25, -0.2) is 0 Å². The highest BCUT2D eigenvalue weighted by Crippen LogP contribution is 2.41. The summed E-state index contributed by atoms with van der Waals surface area (Å²) in [6.07, 6.45) is 1.64. The molecular weight excluding hydrogens is 528 g/mol. The highest BCUT2D eigenvalue weighted by molar-refractivity contribution is 7.81. The Hall–Kier alpha value is -3.77. The number of carbonyl (C=O) groups excluding carboxylic acids is 2. The predicted molar refractivity (Wildman–Crippen MR) is 173 cm³/mol. The fourth-order valence-corrected chi connectivity index (χ4v) is 5.34. The van der Waals surface area contributed by atoms with Crippen LogP contribution >= 0.6 is 12.2 Å². The zero-order valence-corrected chi connectivity index (χ0v) is 26.6. The quantitative estimate of drug-likeness (QED) is 0.198. The van der Waals surface area contributed by atoms with E-state index >= 15 is 0 Å². The number of anilines is 2. The van der Waals surface area contributed by atoms with Gasteiger partial charge >= 0.3 is 0 Å². The summed E-state index contributed by atoms with van der Waals surface area (Å²) in [5, 5.41) is 11.3. The van der Waals surface area contributed by atoms with Gasteiger partial charge in [-0.1, -0.05) is 53.7 Å². The number of amides is 2. The van der Waals surface area contributed by atoms with E-state index in [-0.39, 0.29) is 27.3 Å². The normalized spacial score (nSPS) is 14.7. The predicted octanol–water partition coefficient (Wildman–Crippen LogP) is 7.97. The highest BCUT2D eigenvalue weighted by Gasteiger charge is 2.41. The molecule has 1 aliphatic heterocycles. The van der Waals surface area contributed by atoms with Gasteiger partial charge in [0, 0.05) is 11.1 Å². The van der Waals surface area contributed by atoms with Crippen LogP contribution in [0.4, 0.5) is 11.4 Å². The van der Waals surface area contributed by atoms with E-state index in [1.54, 1.807) is 6.08 Å².